The Kier molecular flexibility index (Phi) is 5.05. The zero-order chi connectivity index (χ0) is 15.4. The molecule has 1 heterocycles. The lowest BCUT2D eigenvalue weighted by Crippen LogP contribution is -2.30. The van der Waals surface area contributed by atoms with Crippen LogP contribution < -0.4 is 20.7 Å². The van der Waals surface area contributed by atoms with Gasteiger partial charge in [0, 0.05) is 10.0 Å². The number of nitrogens with one attached hydrogen (secondary N) is 1. The number of rotatable bonds is 5. The Bertz CT molecular complexity index is 642. The predicted octanol–water partition coefficient (Wildman–Crippen LogP) is 1.95. The van der Waals surface area contributed by atoms with Crippen molar-refractivity contribution < 1.29 is 13.9 Å². The number of methoxy groups -OCH3 is 2. The van der Waals surface area contributed by atoms with E-state index < -0.39 is 11.9 Å². The molecule has 0 saturated carbocycles. The lowest BCUT2D eigenvalue weighted by Gasteiger charge is -2.18. The predicted molar refractivity (Wildman–Crippen MR) is 78.4 cm³/mol. The lowest BCUT2D eigenvalue weighted by atomic mass is 10.0. The third kappa shape index (κ3) is 3.29. The van der Waals surface area contributed by atoms with Crippen LogP contribution in [0, 0.1) is 5.82 Å². The number of benzene rings is 1. The molecule has 0 aliphatic heterocycles. The van der Waals surface area contributed by atoms with Gasteiger partial charge in [-0.3, -0.25) is 5.84 Å². The van der Waals surface area contributed by atoms with Crippen molar-refractivity contribution in [2.24, 2.45) is 5.84 Å². The highest BCUT2D eigenvalue weighted by molar-refractivity contribution is 9.10. The molecule has 21 heavy (non-hydrogen) atoms. The number of nitrogens with two attached hydrogens (primary N) is 1. The van der Waals surface area contributed by atoms with E-state index in [0.717, 1.165) is 0 Å². The van der Waals surface area contributed by atoms with Gasteiger partial charge in [0.25, 0.3) is 0 Å². The standard InChI is InChI=1S/C13H14BrFN4O2/c1-20-10-6-17-12(13(18-10)21-2)11(19-16)8-4-3-7(14)5-9(8)15/h3-6,11,19H,16H2,1-2H3. The molecule has 2 aromatic rings. The molecule has 0 amide bonds. The van der Waals surface area contributed by atoms with Crippen LogP contribution in [-0.2, 0) is 0 Å². The maximum Gasteiger partial charge on any atom is 0.240 e. The van der Waals surface area contributed by atoms with Crippen molar-refractivity contribution >= 4 is 15.9 Å². The van der Waals surface area contributed by atoms with Crippen LogP contribution in [-0.4, -0.2) is 24.2 Å². The Morgan fingerprint density at radius 1 is 1.33 bits per heavy atom. The van der Waals surface area contributed by atoms with E-state index in [1.54, 1.807) is 12.1 Å². The molecule has 0 aliphatic carbocycles. The Hall–Kier alpha value is -1.77. The molecule has 0 bridgehead atoms. The van der Waals surface area contributed by atoms with E-state index >= 15 is 0 Å². The monoisotopic (exact) mass is 356 g/mol. The first-order valence-corrected chi connectivity index (χ1v) is 6.76. The molecule has 0 saturated heterocycles. The number of hydrogen-bond donors (Lipinski definition) is 2. The normalized spacial score (nSPS) is 12.0. The second-order valence-electron chi connectivity index (χ2n) is 4.07. The van der Waals surface area contributed by atoms with Crippen LogP contribution in [0.25, 0.3) is 0 Å². The largest absolute Gasteiger partial charge is 0.480 e. The Balaban J connectivity index is 2.50. The fraction of sp³-hybridized carbons (Fsp3) is 0.231. The summed E-state index contributed by atoms with van der Waals surface area (Å²) in [6, 6.07) is 3.97. The molecular weight excluding hydrogens is 343 g/mol. The van der Waals surface area contributed by atoms with Gasteiger partial charge in [0.15, 0.2) is 0 Å². The van der Waals surface area contributed by atoms with Crippen LogP contribution in [0.2, 0.25) is 0 Å². The second kappa shape index (κ2) is 6.79. The first kappa shape index (κ1) is 15.6. The van der Waals surface area contributed by atoms with Crippen molar-refractivity contribution in [3.63, 3.8) is 0 Å². The van der Waals surface area contributed by atoms with Crippen molar-refractivity contribution in [2.75, 3.05) is 14.2 Å². The molecule has 1 unspecified atom stereocenters. The molecule has 1 atom stereocenters. The van der Waals surface area contributed by atoms with Crippen LogP contribution in [0.4, 0.5) is 4.39 Å². The molecule has 8 heteroatoms. The van der Waals surface area contributed by atoms with Crippen molar-refractivity contribution in [3.05, 3.63) is 45.9 Å². The van der Waals surface area contributed by atoms with E-state index in [9.17, 15) is 4.39 Å². The van der Waals surface area contributed by atoms with E-state index in [1.165, 1.54) is 26.5 Å². The van der Waals surface area contributed by atoms with Gasteiger partial charge in [0.2, 0.25) is 11.8 Å². The zero-order valence-corrected chi connectivity index (χ0v) is 13.0. The second-order valence-corrected chi connectivity index (χ2v) is 4.99. The number of nitrogens with zero attached hydrogens (tertiary/aromatic N) is 2. The molecule has 0 spiro atoms. The molecule has 0 radical (unpaired) electrons. The molecular formula is C13H14BrFN4O2. The molecule has 112 valence electrons. The van der Waals surface area contributed by atoms with Gasteiger partial charge in [0.05, 0.1) is 26.5 Å². The maximum absolute atomic E-state index is 14.1. The summed E-state index contributed by atoms with van der Waals surface area (Å²) in [4.78, 5) is 8.32. The minimum atomic E-state index is -0.702. The van der Waals surface area contributed by atoms with Crippen molar-refractivity contribution in [1.29, 1.82) is 0 Å². The quantitative estimate of drug-likeness (QED) is 0.629. The van der Waals surface area contributed by atoms with E-state index in [4.69, 9.17) is 15.3 Å². The topological polar surface area (TPSA) is 82.3 Å². The average molecular weight is 357 g/mol. The molecule has 1 aromatic heterocycles. The van der Waals surface area contributed by atoms with E-state index in [-0.39, 0.29) is 5.88 Å². The summed E-state index contributed by atoms with van der Waals surface area (Å²) in [5.41, 5.74) is 3.22. The number of aromatic nitrogens is 2. The molecule has 1 aromatic carbocycles. The van der Waals surface area contributed by atoms with Gasteiger partial charge in [0.1, 0.15) is 11.5 Å². The van der Waals surface area contributed by atoms with Crippen LogP contribution in [0.5, 0.6) is 11.8 Å². The Labute approximate surface area is 129 Å². The fourth-order valence-electron chi connectivity index (χ4n) is 1.86. The van der Waals surface area contributed by atoms with E-state index in [2.05, 4.69) is 31.3 Å². The minimum absolute atomic E-state index is 0.208. The third-order valence-electron chi connectivity index (χ3n) is 2.86. The van der Waals surface area contributed by atoms with Crippen molar-refractivity contribution in [2.45, 2.75) is 6.04 Å². The van der Waals surface area contributed by atoms with Crippen LogP contribution >= 0.6 is 15.9 Å². The first-order chi connectivity index (χ1) is 10.1. The summed E-state index contributed by atoms with van der Waals surface area (Å²) < 4.78 is 24.9. The van der Waals surface area contributed by atoms with Gasteiger partial charge in [-0.1, -0.05) is 22.0 Å². The third-order valence-corrected chi connectivity index (χ3v) is 3.35. The summed E-state index contributed by atoms with van der Waals surface area (Å²) in [6.07, 6.45) is 1.42. The van der Waals surface area contributed by atoms with E-state index in [1.807, 2.05) is 0 Å². The minimum Gasteiger partial charge on any atom is -0.480 e. The highest BCUT2D eigenvalue weighted by atomic mass is 79.9. The molecule has 2 rings (SSSR count). The summed E-state index contributed by atoms with van der Waals surface area (Å²) >= 11 is 3.21. The summed E-state index contributed by atoms with van der Waals surface area (Å²) in [5.74, 6) is 5.63. The average Bonchev–Trinajstić information content (AvgIpc) is 2.50. The first-order valence-electron chi connectivity index (χ1n) is 5.96. The van der Waals surface area contributed by atoms with Gasteiger partial charge >= 0.3 is 0 Å². The van der Waals surface area contributed by atoms with Crippen molar-refractivity contribution in [3.8, 4) is 11.8 Å². The van der Waals surface area contributed by atoms with Gasteiger partial charge in [-0.05, 0) is 12.1 Å². The zero-order valence-electron chi connectivity index (χ0n) is 11.4. The van der Waals surface area contributed by atoms with Gasteiger partial charge in [-0.15, -0.1) is 0 Å². The summed E-state index contributed by atoms with van der Waals surface area (Å²) in [6.45, 7) is 0. The smallest absolute Gasteiger partial charge is 0.240 e. The molecule has 0 fully saturated rings. The van der Waals surface area contributed by atoms with Gasteiger partial charge < -0.3 is 9.47 Å². The fourth-order valence-corrected chi connectivity index (χ4v) is 2.20. The van der Waals surface area contributed by atoms with Gasteiger partial charge in [-0.25, -0.2) is 14.8 Å². The Morgan fingerprint density at radius 2 is 2.10 bits per heavy atom. The SMILES string of the molecule is COc1cnc(C(NN)c2ccc(Br)cc2F)c(OC)n1. The molecule has 3 N–H and O–H groups in total. The maximum atomic E-state index is 14.1. The summed E-state index contributed by atoms with van der Waals surface area (Å²) in [5, 5.41) is 0. The van der Waals surface area contributed by atoms with Crippen molar-refractivity contribution in [1.82, 2.24) is 15.4 Å². The van der Waals surface area contributed by atoms with Crippen LogP contribution in [0.1, 0.15) is 17.3 Å². The van der Waals surface area contributed by atoms with Crippen LogP contribution in [0.3, 0.4) is 0 Å². The number of hydrogen-bond acceptors (Lipinski definition) is 6. The number of halogens is 2. The Morgan fingerprint density at radius 3 is 2.67 bits per heavy atom. The summed E-state index contributed by atoms with van der Waals surface area (Å²) in [7, 11) is 2.91. The molecule has 0 aliphatic rings. The highest BCUT2D eigenvalue weighted by Gasteiger charge is 2.23. The number of hydrazine groups is 1. The van der Waals surface area contributed by atoms with Gasteiger partial charge in [-0.2, -0.15) is 4.98 Å². The highest BCUT2D eigenvalue weighted by Crippen LogP contribution is 2.30. The number of ether oxygens (including phenoxy) is 2. The van der Waals surface area contributed by atoms with Crippen LogP contribution in [0.15, 0.2) is 28.9 Å². The lowest BCUT2D eigenvalue weighted by molar-refractivity contribution is 0.352. The molecule has 6 nitrogen and oxygen atoms in total. The van der Waals surface area contributed by atoms with E-state index in [0.29, 0.717) is 21.6 Å².